The van der Waals surface area contributed by atoms with E-state index in [-0.39, 0.29) is 0 Å². The summed E-state index contributed by atoms with van der Waals surface area (Å²) in [5.41, 5.74) is 31.9. The average molecular weight is 1550 g/mol. The Balaban J connectivity index is 0.605. The third-order valence-corrected chi connectivity index (χ3v) is 24.7. The van der Waals surface area contributed by atoms with E-state index in [9.17, 15) is 0 Å². The van der Waals surface area contributed by atoms with Crippen molar-refractivity contribution in [3.05, 3.63) is 485 Å². The molecule has 570 valence electrons. The molecule has 0 unspecified atom stereocenters. The van der Waals surface area contributed by atoms with Crippen LogP contribution < -0.4 is 9.80 Å². The fraction of sp³-hybridized carbons (Fsp3) is 0. The Morgan fingerprint density at radius 3 is 0.893 bits per heavy atom. The van der Waals surface area contributed by atoms with E-state index >= 15 is 0 Å². The van der Waals surface area contributed by atoms with Gasteiger partial charge in [0.15, 0.2) is 0 Å². The van der Waals surface area contributed by atoms with E-state index < -0.39 is 0 Å². The van der Waals surface area contributed by atoms with Gasteiger partial charge < -0.3 is 9.80 Å². The first-order valence-electron chi connectivity index (χ1n) is 42.1. The summed E-state index contributed by atoms with van der Waals surface area (Å²) in [4.78, 5) is 4.98. The number of fused-ring (bicyclic) bond motifs is 8. The van der Waals surface area contributed by atoms with Gasteiger partial charge in [0.05, 0.1) is 22.7 Å². The molecule has 0 saturated carbocycles. The van der Waals surface area contributed by atoms with Crippen molar-refractivity contribution >= 4 is 98.8 Å². The zero-order valence-electron chi connectivity index (χ0n) is 67.1. The molecule has 0 heterocycles. The van der Waals surface area contributed by atoms with E-state index in [1.54, 1.807) is 0 Å². The molecular weight excluding hydrogens is 1470 g/mol. The standard InChI is InChI=1S/C120H80N2/c1-3-27-81(28-4-1)82-63-67-90(68-64-82)103-43-11-15-55-115(103)121(97-75-71-89(72-76-97)101-47-25-51-107-99-41-9-7-31-87(99)73-77-109(101)107)117-57-17-13-45-111(117)114-54-24-36-93-34-22-50-106(120(93)114)95-38-19-37-94(79-95)85-61-59-83(60-62-85)84-65-69-91(70-66-84)104-44-12-16-56-116(104)122(98-40-20-39-96(80-98)102-48-26-52-108-100-42-10-8-32-88(100)74-78-110(102)108)118-58-18-14-46-112(118)113-53-23-35-92-33-21-49-105(119(92)113)86-29-5-2-6-30-86/h1-80H. The maximum Gasteiger partial charge on any atom is 0.0540 e. The van der Waals surface area contributed by atoms with E-state index in [2.05, 4.69) is 495 Å². The summed E-state index contributed by atoms with van der Waals surface area (Å²) >= 11 is 0. The molecule has 122 heavy (non-hydrogen) atoms. The highest BCUT2D eigenvalue weighted by Gasteiger charge is 2.26. The second-order valence-corrected chi connectivity index (χ2v) is 31.7. The molecule has 2 nitrogen and oxygen atoms in total. The number of rotatable bonds is 17. The molecule has 0 saturated heterocycles. The van der Waals surface area contributed by atoms with Crippen LogP contribution in [0.2, 0.25) is 0 Å². The van der Waals surface area contributed by atoms with Gasteiger partial charge in [-0.05, 0) is 219 Å². The number of hydrogen-bond donors (Lipinski definition) is 0. The van der Waals surface area contributed by atoms with Crippen LogP contribution in [0.4, 0.5) is 34.1 Å². The Labute approximate surface area is 711 Å². The maximum atomic E-state index is 2.50. The van der Waals surface area contributed by atoms with Crippen LogP contribution in [0.15, 0.2) is 485 Å². The number of para-hydroxylation sites is 4. The maximum absolute atomic E-state index is 2.50. The van der Waals surface area contributed by atoms with Gasteiger partial charge in [0, 0.05) is 33.6 Å². The lowest BCUT2D eigenvalue weighted by Gasteiger charge is -2.30. The first-order valence-corrected chi connectivity index (χ1v) is 42.1. The molecule has 0 fully saturated rings. The zero-order chi connectivity index (χ0) is 80.8. The normalized spacial score (nSPS) is 11.4. The van der Waals surface area contributed by atoms with Crippen LogP contribution >= 0.6 is 0 Å². The van der Waals surface area contributed by atoms with Gasteiger partial charge in [-0.1, -0.05) is 431 Å². The molecule has 0 radical (unpaired) electrons. The predicted octanol–water partition coefficient (Wildman–Crippen LogP) is 33.9. The number of benzene rings is 22. The smallest absolute Gasteiger partial charge is 0.0540 e. The first-order chi connectivity index (χ1) is 60.5. The molecule has 0 atom stereocenters. The van der Waals surface area contributed by atoms with Gasteiger partial charge in [0.25, 0.3) is 0 Å². The van der Waals surface area contributed by atoms with E-state index in [0.29, 0.717) is 0 Å². The molecule has 22 aromatic carbocycles. The molecule has 0 aliphatic rings. The van der Waals surface area contributed by atoms with Gasteiger partial charge in [-0.25, -0.2) is 0 Å². The lowest BCUT2D eigenvalue weighted by atomic mass is 9.89. The number of nitrogens with zero attached hydrogens (tertiary/aromatic N) is 2. The third kappa shape index (κ3) is 13.3. The van der Waals surface area contributed by atoms with Crippen molar-refractivity contribution in [2.75, 3.05) is 9.80 Å². The Hall–Kier alpha value is -16.0. The SMILES string of the molecule is c1ccc(-c2ccc(-c3ccccc3N(c3ccc(-c4cccc5c4ccc4ccccc45)cc3)c3ccccc3-c3cccc4cccc(-c5cccc(-c6ccc(-c7ccc(-c8ccccc8N(c8cccc(-c9cccc%10c9ccc9ccccc9%10)c8)c8ccccc8-c8cccc9cccc(-c%10ccccc%10)c89)cc7)cc6)c5)c34)cc2)cc1. The van der Waals surface area contributed by atoms with Crippen LogP contribution in [0, 0.1) is 0 Å². The predicted molar refractivity (Wildman–Crippen MR) is 521 cm³/mol. The molecule has 0 amide bonds. The topological polar surface area (TPSA) is 6.48 Å². The minimum Gasteiger partial charge on any atom is -0.309 e. The lowest BCUT2D eigenvalue weighted by Crippen LogP contribution is -2.12. The van der Waals surface area contributed by atoms with Crippen molar-refractivity contribution in [2.24, 2.45) is 0 Å². The van der Waals surface area contributed by atoms with Crippen molar-refractivity contribution in [2.45, 2.75) is 0 Å². The van der Waals surface area contributed by atoms with Gasteiger partial charge in [-0.15, -0.1) is 0 Å². The van der Waals surface area contributed by atoms with E-state index in [1.165, 1.54) is 109 Å². The summed E-state index contributed by atoms with van der Waals surface area (Å²) in [5.74, 6) is 0. The van der Waals surface area contributed by atoms with Crippen molar-refractivity contribution in [1.29, 1.82) is 0 Å². The molecule has 2 heteroatoms. The van der Waals surface area contributed by atoms with Crippen LogP contribution in [0.3, 0.4) is 0 Å². The van der Waals surface area contributed by atoms with Gasteiger partial charge in [0.1, 0.15) is 0 Å². The van der Waals surface area contributed by atoms with Crippen LogP contribution in [0.1, 0.15) is 0 Å². The Morgan fingerprint density at radius 1 is 0.115 bits per heavy atom. The summed E-state index contributed by atoms with van der Waals surface area (Å²) in [6.45, 7) is 0. The fourth-order valence-corrected chi connectivity index (χ4v) is 18.9. The minimum atomic E-state index is 1.05. The monoisotopic (exact) mass is 1550 g/mol. The Kier molecular flexibility index (Phi) is 18.7. The second kappa shape index (κ2) is 31.5. The van der Waals surface area contributed by atoms with E-state index in [1.807, 2.05) is 0 Å². The Morgan fingerprint density at radius 2 is 0.393 bits per heavy atom. The van der Waals surface area contributed by atoms with Crippen LogP contribution in [-0.4, -0.2) is 0 Å². The largest absolute Gasteiger partial charge is 0.309 e. The third-order valence-electron chi connectivity index (χ3n) is 24.7. The lowest BCUT2D eigenvalue weighted by molar-refractivity contribution is 1.28. The minimum absolute atomic E-state index is 1.05. The molecule has 22 rings (SSSR count). The summed E-state index contributed by atoms with van der Waals surface area (Å²) in [5, 5.41) is 14.7. The first kappa shape index (κ1) is 72.5. The highest BCUT2D eigenvalue weighted by molar-refractivity contribution is 6.16. The van der Waals surface area contributed by atoms with Gasteiger partial charge in [-0.3, -0.25) is 0 Å². The highest BCUT2D eigenvalue weighted by atomic mass is 15.2. The summed E-state index contributed by atoms with van der Waals surface area (Å²) < 4.78 is 0. The van der Waals surface area contributed by atoms with Crippen molar-refractivity contribution < 1.29 is 0 Å². The quantitative estimate of drug-likeness (QED) is 0.0839. The van der Waals surface area contributed by atoms with Crippen molar-refractivity contribution in [1.82, 2.24) is 0 Å². The molecule has 0 bridgehead atoms. The van der Waals surface area contributed by atoms with Crippen molar-refractivity contribution in [3.8, 4) is 122 Å². The molecule has 0 N–H and O–H groups in total. The highest BCUT2D eigenvalue weighted by Crippen LogP contribution is 2.52. The molecule has 0 aliphatic carbocycles. The zero-order valence-corrected chi connectivity index (χ0v) is 67.1. The average Bonchev–Trinajstić information content (AvgIpc) is 0.755. The Bertz CT molecular complexity index is 7710. The van der Waals surface area contributed by atoms with Crippen LogP contribution in [-0.2, 0) is 0 Å². The summed E-state index contributed by atoms with van der Waals surface area (Å²) in [6.07, 6.45) is 0. The van der Waals surface area contributed by atoms with Crippen LogP contribution in [0.5, 0.6) is 0 Å². The molecule has 0 aliphatic heterocycles. The van der Waals surface area contributed by atoms with Gasteiger partial charge in [0.2, 0.25) is 0 Å². The van der Waals surface area contributed by atoms with Gasteiger partial charge >= 0.3 is 0 Å². The number of hydrogen-bond acceptors (Lipinski definition) is 2. The van der Waals surface area contributed by atoms with E-state index in [0.717, 1.165) is 112 Å². The molecule has 22 aromatic rings. The summed E-state index contributed by atoms with van der Waals surface area (Å²) in [6, 6.07) is 179. The van der Waals surface area contributed by atoms with Crippen LogP contribution in [0.25, 0.3) is 187 Å². The number of anilines is 6. The second-order valence-electron chi connectivity index (χ2n) is 31.7. The molecule has 0 aromatic heterocycles. The van der Waals surface area contributed by atoms with Crippen molar-refractivity contribution in [3.63, 3.8) is 0 Å². The fourth-order valence-electron chi connectivity index (χ4n) is 18.9. The van der Waals surface area contributed by atoms with Gasteiger partial charge in [-0.2, -0.15) is 0 Å². The molecule has 0 spiro atoms. The summed E-state index contributed by atoms with van der Waals surface area (Å²) in [7, 11) is 0. The van der Waals surface area contributed by atoms with E-state index in [4.69, 9.17) is 0 Å². The molecular formula is C120H80N2.